The number of nitrogens with one attached hydrogen (secondary N) is 3. The van der Waals surface area contributed by atoms with Crippen LogP contribution in [0.15, 0.2) is 47.4 Å². The maximum absolute atomic E-state index is 13.2. The highest BCUT2D eigenvalue weighted by Crippen LogP contribution is 2.23. The van der Waals surface area contributed by atoms with Crippen LogP contribution >= 0.6 is 22.9 Å². The van der Waals surface area contributed by atoms with Crippen molar-refractivity contribution in [1.29, 1.82) is 0 Å². The minimum atomic E-state index is -3.87. The van der Waals surface area contributed by atoms with Crippen LogP contribution in [0.1, 0.15) is 38.1 Å². The van der Waals surface area contributed by atoms with Crippen molar-refractivity contribution >= 4 is 55.0 Å². The summed E-state index contributed by atoms with van der Waals surface area (Å²) in [7, 11) is -3.87. The van der Waals surface area contributed by atoms with E-state index in [2.05, 4.69) is 20.3 Å². The number of hydrogen-bond donors (Lipinski definition) is 3. The van der Waals surface area contributed by atoms with Gasteiger partial charge in [0.05, 0.1) is 21.7 Å². The van der Waals surface area contributed by atoms with Gasteiger partial charge in [-0.2, -0.15) is 0 Å². The molecule has 12 heteroatoms. The maximum atomic E-state index is 13.2. The lowest BCUT2D eigenvalue weighted by molar-refractivity contribution is -0.129. The van der Waals surface area contributed by atoms with Crippen LogP contribution in [-0.4, -0.2) is 44.3 Å². The molecule has 37 heavy (non-hydrogen) atoms. The average molecular weight is 569 g/mol. The Balaban J connectivity index is 1.44. The second kappa shape index (κ2) is 13.3. The van der Waals surface area contributed by atoms with E-state index in [1.807, 2.05) is 38.1 Å². The lowest BCUT2D eigenvalue weighted by atomic mass is 10.0. The van der Waals surface area contributed by atoms with Crippen molar-refractivity contribution in [3.63, 3.8) is 0 Å². The number of rotatable bonds is 13. The number of amides is 2. The quantitative estimate of drug-likeness (QED) is 0.269. The molecule has 3 rings (SSSR count). The van der Waals surface area contributed by atoms with Crippen LogP contribution < -0.4 is 15.4 Å². The molecule has 3 N–H and O–H groups in total. The van der Waals surface area contributed by atoms with Crippen molar-refractivity contribution in [2.45, 2.75) is 50.5 Å². The van der Waals surface area contributed by atoms with Crippen LogP contribution in [-0.2, 0) is 26.0 Å². The van der Waals surface area contributed by atoms with Gasteiger partial charge in [0.15, 0.2) is 0 Å². The summed E-state index contributed by atoms with van der Waals surface area (Å²) in [6.45, 7) is 4.39. The molecule has 3 aromatic rings. The summed E-state index contributed by atoms with van der Waals surface area (Å²) in [6, 6.07) is 10.1. The normalized spacial score (nSPS) is 12.6. The van der Waals surface area contributed by atoms with E-state index in [4.69, 9.17) is 11.6 Å². The molecule has 0 saturated carbocycles. The Hall–Kier alpha value is -2.60. The number of halogens is 2. The van der Waals surface area contributed by atoms with E-state index in [9.17, 15) is 22.4 Å². The van der Waals surface area contributed by atoms with E-state index < -0.39 is 21.9 Å². The Kier molecular flexibility index (Phi) is 10.4. The highest BCUT2D eigenvalue weighted by molar-refractivity contribution is 7.89. The first-order valence-electron chi connectivity index (χ1n) is 11.9. The summed E-state index contributed by atoms with van der Waals surface area (Å²) in [5.41, 5.74) is 0.842. The maximum Gasteiger partial charge on any atom is 0.242 e. The number of nitrogens with zero attached hydrogens (tertiary/aromatic N) is 1. The number of carbonyl (C=O) groups is 2. The van der Waals surface area contributed by atoms with Crippen LogP contribution in [0.4, 0.5) is 4.39 Å². The van der Waals surface area contributed by atoms with E-state index in [1.54, 1.807) is 0 Å². The van der Waals surface area contributed by atoms with Gasteiger partial charge >= 0.3 is 0 Å². The Morgan fingerprint density at radius 2 is 1.84 bits per heavy atom. The van der Waals surface area contributed by atoms with Gasteiger partial charge in [0.2, 0.25) is 21.8 Å². The Morgan fingerprint density at radius 3 is 2.54 bits per heavy atom. The van der Waals surface area contributed by atoms with Crippen molar-refractivity contribution in [2.75, 3.05) is 13.1 Å². The van der Waals surface area contributed by atoms with Crippen LogP contribution in [0.3, 0.4) is 0 Å². The molecule has 8 nitrogen and oxygen atoms in total. The third-order valence-electron chi connectivity index (χ3n) is 5.39. The van der Waals surface area contributed by atoms with Gasteiger partial charge in [0.1, 0.15) is 21.8 Å². The van der Waals surface area contributed by atoms with Gasteiger partial charge in [0.25, 0.3) is 0 Å². The zero-order valence-corrected chi connectivity index (χ0v) is 23.0. The zero-order valence-electron chi connectivity index (χ0n) is 20.6. The number of benzene rings is 2. The first-order chi connectivity index (χ1) is 17.5. The minimum Gasteiger partial charge on any atom is -0.354 e. The molecular formula is C25H30ClFN4O4S2. The lowest BCUT2D eigenvalue weighted by Gasteiger charge is -2.20. The lowest BCUT2D eigenvalue weighted by Crippen LogP contribution is -2.48. The summed E-state index contributed by atoms with van der Waals surface area (Å²) in [6.07, 6.45) is 1.55. The molecule has 0 aliphatic heterocycles. The average Bonchev–Trinajstić information content (AvgIpc) is 3.22. The van der Waals surface area contributed by atoms with Crippen LogP contribution in [0.25, 0.3) is 10.2 Å². The number of para-hydroxylation sites is 1. The number of unbranched alkanes of at least 4 members (excludes halogenated alkanes) is 1. The molecule has 200 valence electrons. The third-order valence-corrected chi connectivity index (χ3v) is 8.37. The topological polar surface area (TPSA) is 117 Å². The number of carbonyl (C=O) groups excluding carboxylic acids is 2. The van der Waals surface area contributed by atoms with Crippen molar-refractivity contribution in [3.05, 3.63) is 58.3 Å². The molecule has 1 aromatic heterocycles. The van der Waals surface area contributed by atoms with Gasteiger partial charge in [-0.1, -0.05) is 37.6 Å². The number of hydrogen-bond acceptors (Lipinski definition) is 6. The molecule has 0 fully saturated rings. The van der Waals surface area contributed by atoms with Gasteiger partial charge < -0.3 is 10.6 Å². The van der Waals surface area contributed by atoms with Crippen molar-refractivity contribution < 1.29 is 22.4 Å². The second-order valence-corrected chi connectivity index (χ2v) is 12.2. The van der Waals surface area contributed by atoms with Gasteiger partial charge in [-0.3, -0.25) is 9.59 Å². The van der Waals surface area contributed by atoms with Gasteiger partial charge in [-0.15, -0.1) is 11.3 Å². The smallest absolute Gasteiger partial charge is 0.242 e. The number of fused-ring (bicyclic) bond motifs is 1. The SMILES string of the molecule is CC(C)C[C@H](NC(=O)Cc1nc2ccccc2s1)C(=O)NCCCCNS(=O)(=O)c1ccc(F)cc1Cl. The van der Waals surface area contributed by atoms with E-state index in [1.165, 1.54) is 11.3 Å². The number of thiazole rings is 1. The van der Waals surface area contributed by atoms with Crippen molar-refractivity contribution in [3.8, 4) is 0 Å². The van der Waals surface area contributed by atoms with E-state index in [0.29, 0.717) is 30.8 Å². The van der Waals surface area contributed by atoms with Gasteiger partial charge in [-0.05, 0) is 55.5 Å². The fraction of sp³-hybridized carbons (Fsp3) is 0.400. The standard InChI is InChI=1S/C25H30ClFN4O4S2/c1-16(2)13-20(30-23(32)15-24-31-19-7-3-4-8-21(19)36-24)25(33)28-11-5-6-12-29-37(34,35)22-10-9-17(27)14-18(22)26/h3-4,7-10,14,16,20,29H,5-6,11-13,15H2,1-2H3,(H,28,33)(H,30,32)/t20-/m0/s1. The summed E-state index contributed by atoms with van der Waals surface area (Å²) >= 11 is 7.29. The Labute approximate surface area is 225 Å². The highest BCUT2D eigenvalue weighted by Gasteiger charge is 2.22. The molecule has 2 aromatic carbocycles. The summed E-state index contributed by atoms with van der Waals surface area (Å²) in [4.78, 5) is 29.7. The van der Waals surface area contributed by atoms with Gasteiger partial charge in [0, 0.05) is 13.1 Å². The molecule has 0 aliphatic rings. The molecule has 1 atom stereocenters. The van der Waals surface area contributed by atoms with E-state index in [0.717, 1.165) is 28.4 Å². The van der Waals surface area contributed by atoms with Crippen LogP contribution in [0.2, 0.25) is 5.02 Å². The first kappa shape index (κ1) is 29.0. The second-order valence-electron chi connectivity index (χ2n) is 8.97. The molecule has 0 unspecified atom stereocenters. The summed E-state index contributed by atoms with van der Waals surface area (Å²) < 4.78 is 41.3. The molecule has 2 amide bonds. The van der Waals surface area contributed by atoms with E-state index in [-0.39, 0.29) is 40.6 Å². The van der Waals surface area contributed by atoms with Crippen LogP contribution in [0, 0.1) is 11.7 Å². The first-order valence-corrected chi connectivity index (χ1v) is 14.6. The molecule has 0 bridgehead atoms. The van der Waals surface area contributed by atoms with Crippen LogP contribution in [0.5, 0.6) is 0 Å². The predicted octanol–water partition coefficient (Wildman–Crippen LogP) is 4.04. The number of sulfonamides is 1. The molecule has 0 aliphatic carbocycles. The predicted molar refractivity (Wildman–Crippen MR) is 144 cm³/mol. The van der Waals surface area contributed by atoms with Gasteiger partial charge in [-0.25, -0.2) is 22.5 Å². The molecular weight excluding hydrogens is 539 g/mol. The largest absolute Gasteiger partial charge is 0.354 e. The minimum absolute atomic E-state index is 0.0967. The fourth-order valence-corrected chi connectivity index (χ4v) is 6.21. The Morgan fingerprint density at radius 1 is 1.11 bits per heavy atom. The fourth-order valence-electron chi connectivity index (χ4n) is 3.64. The summed E-state index contributed by atoms with van der Waals surface area (Å²) in [5, 5.41) is 6.14. The molecule has 0 saturated heterocycles. The monoisotopic (exact) mass is 568 g/mol. The summed E-state index contributed by atoms with van der Waals surface area (Å²) in [5.74, 6) is -0.992. The highest BCUT2D eigenvalue weighted by atomic mass is 35.5. The number of aromatic nitrogens is 1. The Bertz CT molecular complexity index is 1310. The molecule has 1 heterocycles. The third kappa shape index (κ3) is 8.74. The van der Waals surface area contributed by atoms with E-state index >= 15 is 0 Å². The molecule has 0 spiro atoms. The molecule has 0 radical (unpaired) electrons. The van der Waals surface area contributed by atoms with Crippen molar-refractivity contribution in [2.24, 2.45) is 5.92 Å². The zero-order chi connectivity index (χ0) is 27.0. The van der Waals surface area contributed by atoms with Crippen molar-refractivity contribution in [1.82, 2.24) is 20.3 Å².